The van der Waals surface area contributed by atoms with E-state index in [1.807, 2.05) is 12.4 Å². The number of rotatable bonds is 8. The third kappa shape index (κ3) is 4.60. The number of nitrogens with one attached hydrogen (secondary N) is 1. The molecule has 4 nitrogen and oxygen atoms in total. The minimum absolute atomic E-state index is 0.574. The Bertz CT molecular complexity index is 531. The SMILES string of the molecule is COCCCNc1nccn1Cc1ccc(C(C)C)cc1. The topological polar surface area (TPSA) is 39.1 Å². The molecular formula is C17H25N3O. The second-order valence-corrected chi connectivity index (χ2v) is 5.55. The van der Waals surface area contributed by atoms with Gasteiger partial charge in [-0.05, 0) is 23.5 Å². The summed E-state index contributed by atoms with van der Waals surface area (Å²) in [6.07, 6.45) is 4.82. The van der Waals surface area contributed by atoms with Crippen molar-refractivity contribution in [1.29, 1.82) is 0 Å². The first-order valence-electron chi connectivity index (χ1n) is 7.53. The fourth-order valence-corrected chi connectivity index (χ4v) is 2.23. The molecule has 0 radical (unpaired) electrons. The van der Waals surface area contributed by atoms with Gasteiger partial charge in [-0.25, -0.2) is 4.98 Å². The van der Waals surface area contributed by atoms with Crippen LogP contribution >= 0.6 is 0 Å². The second-order valence-electron chi connectivity index (χ2n) is 5.55. The van der Waals surface area contributed by atoms with E-state index in [1.165, 1.54) is 11.1 Å². The fourth-order valence-electron chi connectivity index (χ4n) is 2.23. The van der Waals surface area contributed by atoms with Crippen LogP contribution in [-0.2, 0) is 11.3 Å². The Morgan fingerprint density at radius 2 is 2.00 bits per heavy atom. The first-order valence-corrected chi connectivity index (χ1v) is 7.53. The van der Waals surface area contributed by atoms with Crippen LogP contribution in [0.15, 0.2) is 36.7 Å². The van der Waals surface area contributed by atoms with Gasteiger partial charge in [0.2, 0.25) is 5.95 Å². The van der Waals surface area contributed by atoms with Gasteiger partial charge in [0, 0.05) is 32.7 Å². The van der Waals surface area contributed by atoms with Crippen molar-refractivity contribution >= 4 is 5.95 Å². The Kier molecular flexibility index (Phi) is 5.81. The summed E-state index contributed by atoms with van der Waals surface area (Å²) in [6, 6.07) is 8.82. The normalized spacial score (nSPS) is 11.0. The van der Waals surface area contributed by atoms with Crippen LogP contribution in [0.4, 0.5) is 5.95 Å². The summed E-state index contributed by atoms with van der Waals surface area (Å²) in [7, 11) is 1.72. The summed E-state index contributed by atoms with van der Waals surface area (Å²) in [5, 5.41) is 3.35. The molecule has 0 unspecified atom stereocenters. The van der Waals surface area contributed by atoms with Crippen molar-refractivity contribution < 1.29 is 4.74 Å². The first-order chi connectivity index (χ1) is 10.2. The van der Waals surface area contributed by atoms with E-state index in [4.69, 9.17) is 4.74 Å². The second kappa shape index (κ2) is 7.84. The number of nitrogens with zero attached hydrogens (tertiary/aromatic N) is 2. The number of benzene rings is 1. The fraction of sp³-hybridized carbons (Fsp3) is 0.471. The van der Waals surface area contributed by atoms with Gasteiger partial charge in [-0.1, -0.05) is 38.1 Å². The van der Waals surface area contributed by atoms with Crippen molar-refractivity contribution in [3.05, 3.63) is 47.8 Å². The Morgan fingerprint density at radius 3 is 2.67 bits per heavy atom. The number of methoxy groups -OCH3 is 1. The zero-order valence-corrected chi connectivity index (χ0v) is 13.2. The zero-order chi connectivity index (χ0) is 15.1. The largest absolute Gasteiger partial charge is 0.385 e. The van der Waals surface area contributed by atoms with Crippen molar-refractivity contribution in [3.8, 4) is 0 Å². The molecule has 2 rings (SSSR count). The van der Waals surface area contributed by atoms with Crippen LogP contribution in [-0.4, -0.2) is 29.8 Å². The molecule has 2 aromatic rings. The molecule has 0 fully saturated rings. The van der Waals surface area contributed by atoms with Gasteiger partial charge in [0.05, 0.1) is 6.54 Å². The van der Waals surface area contributed by atoms with Crippen LogP contribution in [0.1, 0.15) is 37.3 Å². The quantitative estimate of drug-likeness (QED) is 0.755. The van der Waals surface area contributed by atoms with E-state index < -0.39 is 0 Å². The molecule has 1 heterocycles. The molecule has 0 aliphatic carbocycles. The average Bonchev–Trinajstić information content (AvgIpc) is 2.91. The molecule has 1 aromatic carbocycles. The first kappa shape index (κ1) is 15.6. The van der Waals surface area contributed by atoms with Crippen molar-refractivity contribution in [2.24, 2.45) is 0 Å². The molecule has 0 bridgehead atoms. The number of ether oxygens (including phenoxy) is 1. The Morgan fingerprint density at radius 1 is 1.24 bits per heavy atom. The summed E-state index contributed by atoms with van der Waals surface area (Å²) >= 11 is 0. The molecule has 0 atom stereocenters. The maximum Gasteiger partial charge on any atom is 0.203 e. The number of aromatic nitrogens is 2. The molecule has 4 heteroatoms. The van der Waals surface area contributed by atoms with Crippen LogP contribution < -0.4 is 5.32 Å². The maximum atomic E-state index is 5.05. The molecule has 114 valence electrons. The van der Waals surface area contributed by atoms with Gasteiger partial charge >= 0.3 is 0 Å². The van der Waals surface area contributed by atoms with E-state index in [0.717, 1.165) is 32.1 Å². The predicted octanol–water partition coefficient (Wildman–Crippen LogP) is 3.50. The van der Waals surface area contributed by atoms with Gasteiger partial charge in [0.25, 0.3) is 0 Å². The highest BCUT2D eigenvalue weighted by Gasteiger charge is 2.04. The third-order valence-corrected chi connectivity index (χ3v) is 3.52. The highest BCUT2D eigenvalue weighted by atomic mass is 16.5. The highest BCUT2D eigenvalue weighted by Crippen LogP contribution is 2.16. The molecule has 1 N–H and O–H groups in total. The van der Waals surface area contributed by atoms with Gasteiger partial charge in [0.1, 0.15) is 0 Å². The molecule has 21 heavy (non-hydrogen) atoms. The van der Waals surface area contributed by atoms with Crippen molar-refractivity contribution in [3.63, 3.8) is 0 Å². The van der Waals surface area contributed by atoms with Crippen LogP contribution in [0, 0.1) is 0 Å². The Hall–Kier alpha value is -1.81. The lowest BCUT2D eigenvalue weighted by molar-refractivity contribution is 0.197. The standard InChI is InChI=1S/C17H25N3O/c1-14(2)16-7-5-15(6-8-16)13-20-11-10-19-17(20)18-9-4-12-21-3/h5-8,10-11,14H,4,9,12-13H2,1-3H3,(H,18,19). The average molecular weight is 287 g/mol. The van der Waals surface area contributed by atoms with E-state index >= 15 is 0 Å². The summed E-state index contributed by atoms with van der Waals surface area (Å²) in [5.41, 5.74) is 2.67. The Labute approximate surface area is 127 Å². The number of imidazole rings is 1. The van der Waals surface area contributed by atoms with E-state index in [0.29, 0.717) is 5.92 Å². The van der Waals surface area contributed by atoms with Crippen LogP contribution in [0.25, 0.3) is 0 Å². The molecule has 0 aliphatic rings. The van der Waals surface area contributed by atoms with E-state index in [2.05, 4.69) is 53.0 Å². The highest BCUT2D eigenvalue weighted by molar-refractivity contribution is 5.29. The molecule has 1 aromatic heterocycles. The van der Waals surface area contributed by atoms with Crippen LogP contribution in [0.5, 0.6) is 0 Å². The third-order valence-electron chi connectivity index (χ3n) is 3.52. The van der Waals surface area contributed by atoms with Gasteiger partial charge in [-0.15, -0.1) is 0 Å². The van der Waals surface area contributed by atoms with Crippen molar-refractivity contribution in [1.82, 2.24) is 9.55 Å². The summed E-state index contributed by atoms with van der Waals surface area (Å²) in [5.74, 6) is 1.49. The summed E-state index contributed by atoms with van der Waals surface area (Å²) in [6.45, 7) is 6.91. The van der Waals surface area contributed by atoms with Crippen LogP contribution in [0.3, 0.4) is 0 Å². The van der Waals surface area contributed by atoms with E-state index in [9.17, 15) is 0 Å². The van der Waals surface area contributed by atoms with E-state index in [1.54, 1.807) is 7.11 Å². The van der Waals surface area contributed by atoms with Crippen molar-refractivity contribution in [2.45, 2.75) is 32.7 Å². The summed E-state index contributed by atoms with van der Waals surface area (Å²) < 4.78 is 7.19. The van der Waals surface area contributed by atoms with Crippen LogP contribution in [0.2, 0.25) is 0 Å². The lowest BCUT2D eigenvalue weighted by Gasteiger charge is -2.11. The minimum Gasteiger partial charge on any atom is -0.385 e. The van der Waals surface area contributed by atoms with Gasteiger partial charge in [-0.3, -0.25) is 0 Å². The van der Waals surface area contributed by atoms with Gasteiger partial charge < -0.3 is 14.6 Å². The number of hydrogen-bond donors (Lipinski definition) is 1. The van der Waals surface area contributed by atoms with Gasteiger partial charge in [0.15, 0.2) is 0 Å². The predicted molar refractivity (Wildman–Crippen MR) is 86.8 cm³/mol. The lowest BCUT2D eigenvalue weighted by Crippen LogP contribution is -2.10. The molecular weight excluding hydrogens is 262 g/mol. The van der Waals surface area contributed by atoms with E-state index in [-0.39, 0.29) is 0 Å². The number of anilines is 1. The Balaban J connectivity index is 1.95. The molecule has 0 spiro atoms. The molecule has 0 saturated carbocycles. The lowest BCUT2D eigenvalue weighted by atomic mass is 10.0. The minimum atomic E-state index is 0.574. The van der Waals surface area contributed by atoms with Gasteiger partial charge in [-0.2, -0.15) is 0 Å². The molecule has 0 aliphatic heterocycles. The number of hydrogen-bond acceptors (Lipinski definition) is 3. The maximum absolute atomic E-state index is 5.05. The molecule has 0 amide bonds. The monoisotopic (exact) mass is 287 g/mol. The zero-order valence-electron chi connectivity index (χ0n) is 13.2. The molecule has 0 saturated heterocycles. The summed E-state index contributed by atoms with van der Waals surface area (Å²) in [4.78, 5) is 4.37. The van der Waals surface area contributed by atoms with Crippen molar-refractivity contribution in [2.75, 3.05) is 25.6 Å². The smallest absolute Gasteiger partial charge is 0.203 e.